The molecule has 0 atom stereocenters. The standard InChI is InChI=1S/C44H88O2/c1-3-5-7-9-11-13-15-17-18-19-20-21-22-23-24-25-26-27-28-29-30-32-34-36-38-40-42-44(45)46-43-41-39-37-35-33-31-16-14-12-10-8-6-4-2/h3-43H2,1-2H3. The van der Waals surface area contributed by atoms with Crippen LogP contribution in [-0.4, -0.2) is 12.6 Å². The second kappa shape index (κ2) is 42.5. The number of carbonyl (C=O) groups excluding carboxylic acids is 1. The van der Waals surface area contributed by atoms with Crippen molar-refractivity contribution in [2.75, 3.05) is 6.61 Å². The van der Waals surface area contributed by atoms with Gasteiger partial charge in [-0.2, -0.15) is 0 Å². The number of unbranched alkanes of at least 4 members (excludes halogenated alkanes) is 37. The van der Waals surface area contributed by atoms with Gasteiger partial charge in [-0.1, -0.05) is 251 Å². The third-order valence-corrected chi connectivity index (χ3v) is 10.2. The van der Waals surface area contributed by atoms with Gasteiger partial charge in [0.1, 0.15) is 0 Å². The van der Waals surface area contributed by atoms with Gasteiger partial charge in [-0.25, -0.2) is 0 Å². The third kappa shape index (κ3) is 41.5. The molecule has 0 aromatic rings. The highest BCUT2D eigenvalue weighted by Crippen LogP contribution is 2.17. The fraction of sp³-hybridized carbons (Fsp3) is 0.977. The zero-order valence-electron chi connectivity index (χ0n) is 32.3. The van der Waals surface area contributed by atoms with E-state index in [1.807, 2.05) is 0 Å². The first kappa shape index (κ1) is 45.5. The number of ether oxygens (including phenoxy) is 1. The maximum Gasteiger partial charge on any atom is 0.305 e. The normalized spacial score (nSPS) is 11.4. The molecule has 0 unspecified atom stereocenters. The fourth-order valence-corrected chi connectivity index (χ4v) is 6.96. The van der Waals surface area contributed by atoms with Gasteiger partial charge < -0.3 is 4.74 Å². The molecule has 0 spiro atoms. The van der Waals surface area contributed by atoms with E-state index in [1.165, 1.54) is 238 Å². The summed E-state index contributed by atoms with van der Waals surface area (Å²) in [4.78, 5) is 12.0. The Bertz CT molecular complexity index is 544. The summed E-state index contributed by atoms with van der Waals surface area (Å²) in [7, 11) is 0. The lowest BCUT2D eigenvalue weighted by Crippen LogP contribution is -2.05. The van der Waals surface area contributed by atoms with Gasteiger partial charge in [0.15, 0.2) is 0 Å². The second-order valence-electron chi connectivity index (χ2n) is 15.1. The van der Waals surface area contributed by atoms with Crippen molar-refractivity contribution in [1.82, 2.24) is 0 Å². The van der Waals surface area contributed by atoms with Crippen molar-refractivity contribution < 1.29 is 9.53 Å². The van der Waals surface area contributed by atoms with Crippen molar-refractivity contribution in [3.63, 3.8) is 0 Å². The highest BCUT2D eigenvalue weighted by molar-refractivity contribution is 5.69. The molecule has 0 bridgehead atoms. The Labute approximate surface area is 292 Å². The van der Waals surface area contributed by atoms with Crippen molar-refractivity contribution in [3.8, 4) is 0 Å². The monoisotopic (exact) mass is 649 g/mol. The molecule has 0 saturated carbocycles. The number of esters is 1. The molecule has 276 valence electrons. The first-order chi connectivity index (χ1) is 22.8. The van der Waals surface area contributed by atoms with Crippen LogP contribution in [0.1, 0.15) is 271 Å². The quantitative estimate of drug-likeness (QED) is 0.0487. The Hall–Kier alpha value is -0.530. The minimum absolute atomic E-state index is 0.0308. The first-order valence-corrected chi connectivity index (χ1v) is 22.0. The lowest BCUT2D eigenvalue weighted by molar-refractivity contribution is -0.143. The van der Waals surface area contributed by atoms with Crippen LogP contribution in [0.4, 0.5) is 0 Å². The molecule has 0 aliphatic rings. The maximum atomic E-state index is 12.0. The van der Waals surface area contributed by atoms with Crippen LogP contribution in [0, 0.1) is 0 Å². The van der Waals surface area contributed by atoms with Gasteiger partial charge in [0.2, 0.25) is 0 Å². The van der Waals surface area contributed by atoms with Crippen LogP contribution in [-0.2, 0) is 9.53 Å². The SMILES string of the molecule is CCCCCCCCCCCCCCCCCCCCCCCCCCCCC(=O)OCCCCCCCCCCCCCCC. The summed E-state index contributed by atoms with van der Waals surface area (Å²) in [5, 5.41) is 0. The predicted molar refractivity (Wildman–Crippen MR) is 207 cm³/mol. The summed E-state index contributed by atoms with van der Waals surface area (Å²) in [6.45, 7) is 5.23. The fourth-order valence-electron chi connectivity index (χ4n) is 6.96. The molecule has 0 aliphatic heterocycles. The molecule has 0 aromatic carbocycles. The Kier molecular flexibility index (Phi) is 42.0. The van der Waals surface area contributed by atoms with Crippen LogP contribution >= 0.6 is 0 Å². The minimum atomic E-state index is 0.0308. The van der Waals surface area contributed by atoms with Crippen LogP contribution in [0.15, 0.2) is 0 Å². The van der Waals surface area contributed by atoms with E-state index in [2.05, 4.69) is 13.8 Å². The Morgan fingerprint density at radius 3 is 0.717 bits per heavy atom. The zero-order chi connectivity index (χ0) is 33.3. The molecule has 0 amide bonds. The van der Waals surface area contributed by atoms with E-state index in [0.29, 0.717) is 13.0 Å². The summed E-state index contributed by atoms with van der Waals surface area (Å²) >= 11 is 0. The lowest BCUT2D eigenvalue weighted by Gasteiger charge is -2.06. The predicted octanol–water partition coefficient (Wildman–Crippen LogP) is 16.2. The van der Waals surface area contributed by atoms with Gasteiger partial charge in [-0.15, -0.1) is 0 Å². The van der Waals surface area contributed by atoms with Crippen LogP contribution in [0.5, 0.6) is 0 Å². The average Bonchev–Trinajstić information content (AvgIpc) is 3.06. The van der Waals surface area contributed by atoms with E-state index in [9.17, 15) is 4.79 Å². The molecule has 0 aliphatic carbocycles. The van der Waals surface area contributed by atoms with Crippen molar-refractivity contribution in [1.29, 1.82) is 0 Å². The second-order valence-corrected chi connectivity index (χ2v) is 15.1. The summed E-state index contributed by atoms with van der Waals surface area (Å²) in [5.74, 6) is 0.0308. The van der Waals surface area contributed by atoms with E-state index in [-0.39, 0.29) is 5.97 Å². The molecule has 0 radical (unpaired) electrons. The Morgan fingerprint density at radius 2 is 0.478 bits per heavy atom. The smallest absolute Gasteiger partial charge is 0.305 e. The number of carbonyl (C=O) groups is 1. The van der Waals surface area contributed by atoms with Gasteiger partial charge in [0, 0.05) is 6.42 Å². The molecule has 0 fully saturated rings. The van der Waals surface area contributed by atoms with Crippen LogP contribution in [0.25, 0.3) is 0 Å². The summed E-state index contributed by atoms with van der Waals surface area (Å²) in [6.07, 6.45) is 55.0. The molecule has 0 aromatic heterocycles. The minimum Gasteiger partial charge on any atom is -0.466 e. The number of hydrogen-bond acceptors (Lipinski definition) is 2. The van der Waals surface area contributed by atoms with Crippen molar-refractivity contribution in [3.05, 3.63) is 0 Å². The maximum absolute atomic E-state index is 12.0. The molecule has 0 rings (SSSR count). The van der Waals surface area contributed by atoms with Crippen LogP contribution in [0.3, 0.4) is 0 Å². The molecule has 0 saturated heterocycles. The van der Waals surface area contributed by atoms with E-state index in [1.54, 1.807) is 0 Å². The summed E-state index contributed by atoms with van der Waals surface area (Å²) < 4.78 is 5.46. The van der Waals surface area contributed by atoms with Gasteiger partial charge in [0.05, 0.1) is 6.61 Å². The third-order valence-electron chi connectivity index (χ3n) is 10.2. The Morgan fingerprint density at radius 1 is 0.283 bits per heavy atom. The molecular weight excluding hydrogens is 560 g/mol. The van der Waals surface area contributed by atoms with Gasteiger partial charge in [-0.05, 0) is 12.8 Å². The average molecular weight is 649 g/mol. The summed E-state index contributed by atoms with van der Waals surface area (Å²) in [5.41, 5.74) is 0. The number of rotatable bonds is 41. The van der Waals surface area contributed by atoms with Gasteiger partial charge in [0.25, 0.3) is 0 Å². The van der Waals surface area contributed by atoms with E-state index in [0.717, 1.165) is 12.8 Å². The van der Waals surface area contributed by atoms with Crippen LogP contribution < -0.4 is 0 Å². The van der Waals surface area contributed by atoms with Gasteiger partial charge in [-0.3, -0.25) is 4.79 Å². The first-order valence-electron chi connectivity index (χ1n) is 22.0. The Balaban J connectivity index is 3.13. The van der Waals surface area contributed by atoms with E-state index >= 15 is 0 Å². The highest BCUT2D eigenvalue weighted by Gasteiger charge is 2.03. The molecular formula is C44H88O2. The molecule has 2 nitrogen and oxygen atoms in total. The summed E-state index contributed by atoms with van der Waals surface area (Å²) in [6, 6.07) is 0. The van der Waals surface area contributed by atoms with Crippen LogP contribution in [0.2, 0.25) is 0 Å². The lowest BCUT2D eigenvalue weighted by atomic mass is 10.0. The topological polar surface area (TPSA) is 26.3 Å². The zero-order valence-corrected chi connectivity index (χ0v) is 32.3. The van der Waals surface area contributed by atoms with Crippen molar-refractivity contribution in [2.45, 2.75) is 271 Å². The largest absolute Gasteiger partial charge is 0.466 e. The molecule has 46 heavy (non-hydrogen) atoms. The van der Waals surface area contributed by atoms with Gasteiger partial charge >= 0.3 is 5.97 Å². The van der Waals surface area contributed by atoms with Crippen molar-refractivity contribution in [2.24, 2.45) is 0 Å². The highest BCUT2D eigenvalue weighted by atomic mass is 16.5. The molecule has 2 heteroatoms. The van der Waals surface area contributed by atoms with E-state index < -0.39 is 0 Å². The molecule has 0 heterocycles. The van der Waals surface area contributed by atoms with Crippen molar-refractivity contribution >= 4 is 5.97 Å². The number of hydrogen-bond donors (Lipinski definition) is 0. The molecule has 0 N–H and O–H groups in total. The van der Waals surface area contributed by atoms with E-state index in [4.69, 9.17) is 4.74 Å².